The molecule has 0 fully saturated rings. The van der Waals surface area contributed by atoms with Crippen LogP contribution in [-0.4, -0.2) is 36.5 Å². The topological polar surface area (TPSA) is 0 Å². The van der Waals surface area contributed by atoms with Crippen molar-refractivity contribution in [2.45, 2.75) is 39.3 Å². The zero-order chi connectivity index (χ0) is 8.31. The third kappa shape index (κ3) is 3.74. The van der Waals surface area contributed by atoms with Crippen molar-refractivity contribution in [3.05, 3.63) is 0 Å². The maximum absolute atomic E-state index is 2.61. The number of hydrogen-bond acceptors (Lipinski definition) is 0. The summed E-state index contributed by atoms with van der Waals surface area (Å²) in [6.45, 7) is 15.7. The second kappa shape index (κ2) is 5.17. The molecule has 0 aromatic heterocycles. The van der Waals surface area contributed by atoms with Crippen LogP contribution in [0.3, 0.4) is 0 Å². The first-order valence-electron chi connectivity index (χ1n) is 4.24. The molecular weight excluding hydrogens is 278 g/mol. The van der Waals surface area contributed by atoms with Crippen LogP contribution in [0.15, 0.2) is 0 Å². The summed E-state index contributed by atoms with van der Waals surface area (Å²) in [7, 11) is 0. The molecule has 0 radical (unpaired) electrons. The van der Waals surface area contributed by atoms with Crippen LogP contribution in [0.25, 0.3) is 0 Å². The number of rotatable bonds is 3. The van der Waals surface area contributed by atoms with Crippen LogP contribution >= 0.6 is 0 Å². The van der Waals surface area contributed by atoms with E-state index < -0.39 is 17.8 Å². The Morgan fingerprint density at radius 3 is 0.800 bits per heavy atom. The molecule has 0 amide bonds. The van der Waals surface area contributed by atoms with Gasteiger partial charge in [0.05, 0.1) is 0 Å². The first-order valence-corrected chi connectivity index (χ1v) is 26.0. The van der Waals surface area contributed by atoms with E-state index in [-0.39, 0.29) is 18.7 Å². The molecule has 0 aliphatic heterocycles. The molecule has 0 unspecified atom stereocenters. The molecule has 62 valence electrons. The standard InChI is InChI=1S/3C2H7Si.Sb/c3*1-3-2;/h3*3H,1-2H3;. The molecule has 0 rings (SSSR count). The van der Waals surface area contributed by atoms with Crippen LogP contribution in [0.1, 0.15) is 0 Å². The van der Waals surface area contributed by atoms with Gasteiger partial charge in [0.2, 0.25) is 0 Å². The minimum absolute atomic E-state index is 0.0944. The third-order valence-corrected chi connectivity index (χ3v) is 108. The van der Waals surface area contributed by atoms with Gasteiger partial charge < -0.3 is 0 Å². The van der Waals surface area contributed by atoms with Crippen molar-refractivity contribution in [2.24, 2.45) is 0 Å². The fraction of sp³-hybridized carbons (Fsp3) is 1.00. The predicted molar refractivity (Wildman–Crippen MR) is 62.4 cm³/mol. The fourth-order valence-corrected chi connectivity index (χ4v) is 108. The van der Waals surface area contributed by atoms with Gasteiger partial charge in [-0.25, -0.2) is 0 Å². The Morgan fingerprint density at radius 2 is 0.800 bits per heavy atom. The Kier molecular flexibility index (Phi) is 5.93. The van der Waals surface area contributed by atoms with Crippen molar-refractivity contribution in [1.29, 1.82) is 0 Å². The molecule has 0 nitrogen and oxygen atoms in total. The van der Waals surface area contributed by atoms with E-state index >= 15 is 0 Å². The van der Waals surface area contributed by atoms with Crippen LogP contribution in [-0.2, 0) is 0 Å². The van der Waals surface area contributed by atoms with Gasteiger partial charge in [0.25, 0.3) is 0 Å². The summed E-state index contributed by atoms with van der Waals surface area (Å²) in [5, 5.41) is 0. The first-order chi connectivity index (χ1) is 4.46. The van der Waals surface area contributed by atoms with E-state index in [1.807, 2.05) is 0 Å². The van der Waals surface area contributed by atoms with E-state index in [1.54, 1.807) is 0 Å². The molecule has 0 atom stereocenters. The molecule has 0 aliphatic carbocycles. The van der Waals surface area contributed by atoms with Gasteiger partial charge in [-0.3, -0.25) is 0 Å². The molecule has 0 aliphatic rings. The van der Waals surface area contributed by atoms with Crippen molar-refractivity contribution in [2.75, 3.05) is 0 Å². The third-order valence-electron chi connectivity index (χ3n) is 1.79. The van der Waals surface area contributed by atoms with Gasteiger partial charge >= 0.3 is 75.7 Å². The molecule has 0 saturated heterocycles. The van der Waals surface area contributed by atoms with E-state index in [0.717, 1.165) is 0 Å². The zero-order valence-electron chi connectivity index (χ0n) is 8.18. The van der Waals surface area contributed by atoms with Crippen LogP contribution in [0.5, 0.6) is 0 Å². The summed E-state index contributed by atoms with van der Waals surface area (Å²) in [6.07, 6.45) is -0.283. The summed E-state index contributed by atoms with van der Waals surface area (Å²) in [5.41, 5.74) is 0. The molecule has 4 heteroatoms. The van der Waals surface area contributed by atoms with E-state index in [4.69, 9.17) is 0 Å². The molecule has 0 bridgehead atoms. The Morgan fingerprint density at radius 1 is 0.600 bits per heavy atom. The minimum atomic E-state index is -0.467. The van der Waals surface area contributed by atoms with Gasteiger partial charge in [-0.1, -0.05) is 0 Å². The van der Waals surface area contributed by atoms with E-state index in [2.05, 4.69) is 39.3 Å². The molecule has 0 N–H and O–H groups in total. The van der Waals surface area contributed by atoms with Gasteiger partial charge in [-0.15, -0.1) is 0 Å². The Bertz CT molecular complexity index is 74.0. The number of hydrogen-bond donors (Lipinski definition) is 0. The van der Waals surface area contributed by atoms with Gasteiger partial charge in [0.1, 0.15) is 0 Å². The summed E-state index contributed by atoms with van der Waals surface area (Å²) in [6, 6.07) is 0. The van der Waals surface area contributed by atoms with Gasteiger partial charge in [0.15, 0.2) is 0 Å². The van der Waals surface area contributed by atoms with Gasteiger partial charge in [-0.2, -0.15) is 0 Å². The summed E-state index contributed by atoms with van der Waals surface area (Å²) >= 11 is -0.467. The van der Waals surface area contributed by atoms with Gasteiger partial charge in [0, 0.05) is 0 Å². The van der Waals surface area contributed by atoms with Gasteiger partial charge in [-0.05, 0) is 0 Å². The summed E-state index contributed by atoms with van der Waals surface area (Å²) in [5.74, 6) is 0. The molecule has 0 aromatic rings. The average molecular weight is 299 g/mol. The predicted octanol–water partition coefficient (Wildman–Crippen LogP) is 1.18. The maximum atomic E-state index is 2.61. The second-order valence-electron chi connectivity index (χ2n) is 3.73. The fourth-order valence-electron chi connectivity index (χ4n) is 1.79. The van der Waals surface area contributed by atoms with E-state index in [9.17, 15) is 0 Å². The Hall–Kier alpha value is 1.47. The second-order valence-corrected chi connectivity index (χ2v) is 63.4. The van der Waals surface area contributed by atoms with E-state index in [0.29, 0.717) is 0 Å². The molecule has 0 saturated carbocycles. The van der Waals surface area contributed by atoms with Crippen molar-refractivity contribution < 1.29 is 0 Å². The van der Waals surface area contributed by atoms with Crippen LogP contribution in [0.4, 0.5) is 0 Å². The van der Waals surface area contributed by atoms with Crippen molar-refractivity contribution in [1.82, 2.24) is 0 Å². The molecular formula is C6H21SbSi3. The molecule has 0 heterocycles. The molecule has 0 spiro atoms. The van der Waals surface area contributed by atoms with Crippen LogP contribution in [0.2, 0.25) is 39.3 Å². The van der Waals surface area contributed by atoms with Crippen molar-refractivity contribution in [3.8, 4) is 0 Å². The quantitative estimate of drug-likeness (QED) is 0.687. The first kappa shape index (κ1) is 11.5. The average Bonchev–Trinajstić information content (AvgIpc) is 1.59. The Balaban J connectivity index is 3.98. The zero-order valence-corrected chi connectivity index (χ0v) is 14.2. The SMILES string of the molecule is C[SiH](C)[Sb]([SiH](C)C)[SiH](C)C. The van der Waals surface area contributed by atoms with Crippen LogP contribution < -0.4 is 0 Å². The van der Waals surface area contributed by atoms with Crippen molar-refractivity contribution >= 4 is 36.5 Å². The summed E-state index contributed by atoms with van der Waals surface area (Å²) in [4.78, 5) is 0. The van der Waals surface area contributed by atoms with E-state index in [1.165, 1.54) is 0 Å². The summed E-state index contributed by atoms with van der Waals surface area (Å²) < 4.78 is 0. The van der Waals surface area contributed by atoms with Crippen molar-refractivity contribution in [3.63, 3.8) is 0 Å². The molecule has 10 heavy (non-hydrogen) atoms. The Labute approximate surface area is 75.3 Å². The molecule has 0 aromatic carbocycles. The monoisotopic (exact) mass is 298 g/mol. The normalized spacial score (nSPS) is 12.6. The van der Waals surface area contributed by atoms with Crippen LogP contribution in [0, 0.1) is 0 Å².